The molecule has 0 spiro atoms. The summed E-state index contributed by atoms with van der Waals surface area (Å²) in [5.74, 6) is 0.153. The highest BCUT2D eigenvalue weighted by Gasteiger charge is 2.10. The van der Waals surface area contributed by atoms with E-state index in [0.717, 1.165) is 28.7 Å². The molecule has 3 aromatic carbocycles. The second-order valence-electron chi connectivity index (χ2n) is 6.06. The third-order valence-corrected chi connectivity index (χ3v) is 4.39. The van der Waals surface area contributed by atoms with Gasteiger partial charge in [0.25, 0.3) is 0 Å². The minimum atomic E-state index is 0.153. The molecular formula is C26H30N2O. The van der Waals surface area contributed by atoms with Gasteiger partial charge in [0.1, 0.15) is 6.33 Å². The highest BCUT2D eigenvalue weighted by Crippen LogP contribution is 2.20. The third-order valence-electron chi connectivity index (χ3n) is 4.39. The molecule has 0 aliphatic carbocycles. The van der Waals surface area contributed by atoms with Gasteiger partial charge in [-0.3, -0.25) is 9.36 Å². The average Bonchev–Trinajstić information content (AvgIpc) is 3.25. The molecule has 150 valence electrons. The largest absolute Gasteiger partial charge is 0.299 e. The second-order valence-corrected chi connectivity index (χ2v) is 6.06. The van der Waals surface area contributed by atoms with E-state index in [9.17, 15) is 4.79 Å². The van der Waals surface area contributed by atoms with E-state index in [4.69, 9.17) is 0 Å². The number of nitrogens with zero attached hydrogens (tertiary/aromatic N) is 2. The first-order valence-electron chi connectivity index (χ1n) is 10.4. The van der Waals surface area contributed by atoms with Crippen molar-refractivity contribution in [2.45, 2.75) is 40.5 Å². The number of benzene rings is 3. The molecule has 0 atom stereocenters. The summed E-state index contributed by atoms with van der Waals surface area (Å²) in [6, 6.07) is 25.9. The summed E-state index contributed by atoms with van der Waals surface area (Å²) in [7, 11) is 0. The molecular weight excluding hydrogens is 356 g/mol. The van der Waals surface area contributed by atoms with Gasteiger partial charge >= 0.3 is 0 Å². The number of hydrogen-bond donors (Lipinski definition) is 0. The van der Waals surface area contributed by atoms with Crippen molar-refractivity contribution in [2.24, 2.45) is 0 Å². The number of carbonyl (C=O) groups excluding carboxylic acids is 1. The van der Waals surface area contributed by atoms with Crippen molar-refractivity contribution in [3.63, 3.8) is 0 Å². The van der Waals surface area contributed by atoms with Crippen LogP contribution in [0.15, 0.2) is 85.2 Å². The predicted octanol–water partition coefficient (Wildman–Crippen LogP) is 6.89. The summed E-state index contributed by atoms with van der Waals surface area (Å²) in [4.78, 5) is 17.0. The first-order valence-corrected chi connectivity index (χ1v) is 10.4. The van der Waals surface area contributed by atoms with Crippen molar-refractivity contribution in [1.82, 2.24) is 9.55 Å². The fourth-order valence-corrected chi connectivity index (χ4v) is 3.03. The zero-order valence-electron chi connectivity index (χ0n) is 17.8. The molecule has 0 aliphatic rings. The van der Waals surface area contributed by atoms with Crippen LogP contribution in [0.25, 0.3) is 16.7 Å². The van der Waals surface area contributed by atoms with E-state index in [0.29, 0.717) is 6.42 Å². The number of para-hydroxylation sites is 1. The molecule has 0 saturated carbocycles. The molecule has 0 bridgehead atoms. The lowest BCUT2D eigenvalue weighted by Gasteiger charge is -2.05. The van der Waals surface area contributed by atoms with E-state index >= 15 is 0 Å². The van der Waals surface area contributed by atoms with Gasteiger partial charge in [0, 0.05) is 17.7 Å². The standard InChI is InChI=1S/C22H18N2O.2C2H6/c25-22(14-11-17-7-3-1-4-8-17)18-12-13-21-20(15-18)23-16-24(21)19-9-5-2-6-10-19;2*1-2/h1-10,12-13,15-16H,11,14H2;2*1-2H3. The van der Waals surface area contributed by atoms with Crippen molar-refractivity contribution < 1.29 is 4.79 Å². The Labute approximate surface area is 174 Å². The summed E-state index contributed by atoms with van der Waals surface area (Å²) in [6.45, 7) is 8.00. The van der Waals surface area contributed by atoms with Crippen LogP contribution in [0.2, 0.25) is 0 Å². The highest BCUT2D eigenvalue weighted by atomic mass is 16.1. The smallest absolute Gasteiger partial charge is 0.163 e. The van der Waals surface area contributed by atoms with Crippen molar-refractivity contribution >= 4 is 16.8 Å². The molecule has 0 aliphatic heterocycles. The van der Waals surface area contributed by atoms with Crippen LogP contribution in [0, 0.1) is 0 Å². The molecule has 0 saturated heterocycles. The van der Waals surface area contributed by atoms with Crippen LogP contribution in [0.1, 0.15) is 50.0 Å². The zero-order chi connectivity index (χ0) is 21.1. The Bertz CT molecular complexity index is 1000. The predicted molar refractivity (Wildman–Crippen MR) is 123 cm³/mol. The lowest BCUT2D eigenvalue weighted by atomic mass is 10.0. The van der Waals surface area contributed by atoms with Crippen LogP contribution in [0.3, 0.4) is 0 Å². The maximum atomic E-state index is 12.5. The Balaban J connectivity index is 0.000000707. The monoisotopic (exact) mass is 386 g/mol. The van der Waals surface area contributed by atoms with Gasteiger partial charge in [-0.15, -0.1) is 0 Å². The highest BCUT2D eigenvalue weighted by molar-refractivity contribution is 5.99. The van der Waals surface area contributed by atoms with Gasteiger partial charge in [-0.25, -0.2) is 4.98 Å². The molecule has 1 heterocycles. The van der Waals surface area contributed by atoms with E-state index in [1.807, 2.05) is 99.0 Å². The zero-order valence-corrected chi connectivity index (χ0v) is 17.8. The molecule has 3 nitrogen and oxygen atoms in total. The topological polar surface area (TPSA) is 34.9 Å². The normalized spacial score (nSPS) is 9.79. The molecule has 0 amide bonds. The number of ketones is 1. The summed E-state index contributed by atoms with van der Waals surface area (Å²) >= 11 is 0. The number of aryl methyl sites for hydroxylation is 1. The quantitative estimate of drug-likeness (QED) is 0.350. The lowest BCUT2D eigenvalue weighted by Crippen LogP contribution is -2.01. The van der Waals surface area contributed by atoms with Crippen LogP contribution in [0.4, 0.5) is 0 Å². The second kappa shape index (κ2) is 11.6. The maximum Gasteiger partial charge on any atom is 0.163 e. The molecule has 4 rings (SSSR count). The van der Waals surface area contributed by atoms with Crippen LogP contribution in [-0.2, 0) is 6.42 Å². The van der Waals surface area contributed by atoms with Gasteiger partial charge in [-0.2, -0.15) is 0 Å². The minimum absolute atomic E-state index is 0.153. The number of aromatic nitrogens is 2. The number of imidazole rings is 1. The minimum Gasteiger partial charge on any atom is -0.299 e. The first kappa shape index (κ1) is 22.1. The molecule has 3 heteroatoms. The van der Waals surface area contributed by atoms with Crippen molar-refractivity contribution in [1.29, 1.82) is 0 Å². The van der Waals surface area contributed by atoms with Gasteiger partial charge in [-0.05, 0) is 42.3 Å². The molecule has 0 unspecified atom stereocenters. The Morgan fingerprint density at radius 3 is 2.10 bits per heavy atom. The Hall–Kier alpha value is -3.20. The van der Waals surface area contributed by atoms with Crippen LogP contribution >= 0.6 is 0 Å². The summed E-state index contributed by atoms with van der Waals surface area (Å²) in [5.41, 5.74) is 4.82. The van der Waals surface area contributed by atoms with E-state index in [2.05, 4.69) is 17.1 Å². The number of carbonyl (C=O) groups is 1. The third kappa shape index (κ3) is 5.64. The van der Waals surface area contributed by atoms with E-state index in [1.165, 1.54) is 5.56 Å². The van der Waals surface area contributed by atoms with Gasteiger partial charge in [0.2, 0.25) is 0 Å². The van der Waals surface area contributed by atoms with Crippen LogP contribution in [-0.4, -0.2) is 15.3 Å². The SMILES string of the molecule is CC.CC.O=C(CCc1ccccc1)c1ccc2c(c1)ncn2-c1ccccc1. The molecule has 4 aromatic rings. The van der Waals surface area contributed by atoms with Gasteiger partial charge in [0.15, 0.2) is 5.78 Å². The van der Waals surface area contributed by atoms with E-state index in [-0.39, 0.29) is 5.78 Å². The summed E-state index contributed by atoms with van der Waals surface area (Å²) in [6.07, 6.45) is 3.07. The van der Waals surface area contributed by atoms with Gasteiger partial charge in [0.05, 0.1) is 11.0 Å². The molecule has 0 radical (unpaired) electrons. The molecule has 0 fully saturated rings. The van der Waals surface area contributed by atoms with Crippen molar-refractivity contribution in [3.8, 4) is 5.69 Å². The van der Waals surface area contributed by atoms with Crippen molar-refractivity contribution in [3.05, 3.63) is 96.3 Å². The van der Waals surface area contributed by atoms with Gasteiger partial charge in [-0.1, -0.05) is 76.2 Å². The van der Waals surface area contributed by atoms with Crippen molar-refractivity contribution in [2.75, 3.05) is 0 Å². The van der Waals surface area contributed by atoms with E-state index in [1.54, 1.807) is 6.33 Å². The average molecular weight is 387 g/mol. The van der Waals surface area contributed by atoms with Crippen LogP contribution in [0.5, 0.6) is 0 Å². The number of rotatable bonds is 5. The number of hydrogen-bond acceptors (Lipinski definition) is 2. The first-order chi connectivity index (χ1) is 14.3. The number of Topliss-reactive ketones (excluding diaryl/α,β-unsaturated/α-hetero) is 1. The Kier molecular flexibility index (Phi) is 8.84. The Morgan fingerprint density at radius 1 is 0.828 bits per heavy atom. The van der Waals surface area contributed by atoms with Gasteiger partial charge < -0.3 is 0 Å². The molecule has 29 heavy (non-hydrogen) atoms. The summed E-state index contributed by atoms with van der Waals surface area (Å²) < 4.78 is 2.04. The maximum absolute atomic E-state index is 12.5. The molecule has 1 aromatic heterocycles. The molecule has 0 N–H and O–H groups in total. The number of fused-ring (bicyclic) bond motifs is 1. The fourth-order valence-electron chi connectivity index (χ4n) is 3.03. The lowest BCUT2D eigenvalue weighted by molar-refractivity contribution is 0.0983. The Morgan fingerprint density at radius 2 is 1.45 bits per heavy atom. The van der Waals surface area contributed by atoms with Crippen LogP contribution < -0.4 is 0 Å². The summed E-state index contributed by atoms with van der Waals surface area (Å²) in [5, 5.41) is 0. The van der Waals surface area contributed by atoms with E-state index < -0.39 is 0 Å². The fraction of sp³-hybridized carbons (Fsp3) is 0.231.